The summed E-state index contributed by atoms with van der Waals surface area (Å²) in [6, 6.07) is 18.8. The Morgan fingerprint density at radius 3 is 2.10 bits per heavy atom. The van der Waals surface area contributed by atoms with Gasteiger partial charge >= 0.3 is 0 Å². The molecule has 6 nitrogen and oxygen atoms in total. The Morgan fingerprint density at radius 2 is 1.40 bits per heavy atom. The van der Waals surface area contributed by atoms with Crippen molar-refractivity contribution < 1.29 is 23.5 Å². The van der Waals surface area contributed by atoms with Gasteiger partial charge in [0.05, 0.1) is 16.9 Å². The van der Waals surface area contributed by atoms with Crippen molar-refractivity contribution in [2.24, 2.45) is 0 Å². The van der Waals surface area contributed by atoms with E-state index < -0.39 is 24.2 Å². The van der Waals surface area contributed by atoms with E-state index in [0.29, 0.717) is 11.3 Å². The average molecular weight is 406 g/mol. The predicted molar refractivity (Wildman–Crippen MR) is 111 cm³/mol. The number of halogens is 1. The molecule has 3 aromatic rings. The minimum Gasteiger partial charge on any atom is -0.483 e. The van der Waals surface area contributed by atoms with Gasteiger partial charge in [0.1, 0.15) is 11.6 Å². The second-order valence-corrected chi connectivity index (χ2v) is 6.37. The van der Waals surface area contributed by atoms with E-state index in [1.165, 1.54) is 31.2 Å². The fourth-order valence-corrected chi connectivity index (χ4v) is 2.76. The van der Waals surface area contributed by atoms with E-state index in [9.17, 15) is 18.8 Å². The molecule has 152 valence electrons. The number of hydrogen-bond donors (Lipinski definition) is 2. The maximum atomic E-state index is 13.6. The number of carbonyl (C=O) groups excluding carboxylic acids is 3. The Kier molecular flexibility index (Phi) is 6.54. The van der Waals surface area contributed by atoms with E-state index in [2.05, 4.69) is 10.6 Å². The zero-order chi connectivity index (χ0) is 21.5. The minimum absolute atomic E-state index is 0.0398. The molecule has 0 aliphatic carbocycles. The first-order chi connectivity index (χ1) is 14.5. The van der Waals surface area contributed by atoms with Crippen LogP contribution in [0.2, 0.25) is 0 Å². The molecular weight excluding hydrogens is 387 g/mol. The Morgan fingerprint density at radius 1 is 0.800 bits per heavy atom. The van der Waals surface area contributed by atoms with Gasteiger partial charge in [0.25, 0.3) is 11.8 Å². The van der Waals surface area contributed by atoms with Crippen molar-refractivity contribution in [2.75, 3.05) is 17.2 Å². The van der Waals surface area contributed by atoms with Crippen molar-refractivity contribution >= 4 is 29.0 Å². The number of hydrogen-bond acceptors (Lipinski definition) is 4. The summed E-state index contributed by atoms with van der Waals surface area (Å²) < 4.78 is 19.1. The maximum Gasteiger partial charge on any atom is 0.262 e. The van der Waals surface area contributed by atoms with Crippen molar-refractivity contribution in [3.63, 3.8) is 0 Å². The highest BCUT2D eigenvalue weighted by molar-refractivity contribution is 6.10. The zero-order valence-corrected chi connectivity index (χ0v) is 16.1. The van der Waals surface area contributed by atoms with Crippen LogP contribution in [-0.2, 0) is 4.79 Å². The van der Waals surface area contributed by atoms with Gasteiger partial charge in [-0.2, -0.15) is 0 Å². The van der Waals surface area contributed by atoms with E-state index in [1.54, 1.807) is 48.5 Å². The second kappa shape index (κ2) is 9.47. The van der Waals surface area contributed by atoms with Crippen LogP contribution in [0.5, 0.6) is 5.75 Å². The molecule has 0 radical (unpaired) electrons. The molecule has 0 bridgehead atoms. The molecule has 0 fully saturated rings. The third-order valence-corrected chi connectivity index (χ3v) is 4.19. The highest BCUT2D eigenvalue weighted by atomic mass is 19.1. The molecule has 0 aliphatic heterocycles. The van der Waals surface area contributed by atoms with Crippen molar-refractivity contribution in [1.82, 2.24) is 0 Å². The number of rotatable bonds is 7. The average Bonchev–Trinajstić information content (AvgIpc) is 2.74. The zero-order valence-electron chi connectivity index (χ0n) is 16.1. The van der Waals surface area contributed by atoms with E-state index in [0.717, 1.165) is 0 Å². The fraction of sp³-hybridized carbons (Fsp3) is 0.0870. The highest BCUT2D eigenvalue weighted by Gasteiger charge is 2.16. The lowest BCUT2D eigenvalue weighted by molar-refractivity contribution is -0.118. The first kappa shape index (κ1) is 20.7. The normalized spacial score (nSPS) is 10.2. The van der Waals surface area contributed by atoms with Crippen molar-refractivity contribution in [3.8, 4) is 5.75 Å². The van der Waals surface area contributed by atoms with Gasteiger partial charge in [-0.1, -0.05) is 36.4 Å². The van der Waals surface area contributed by atoms with Gasteiger partial charge in [0.2, 0.25) is 0 Å². The summed E-state index contributed by atoms with van der Waals surface area (Å²) in [6.07, 6.45) is 0. The largest absolute Gasteiger partial charge is 0.483 e. The molecule has 0 aromatic heterocycles. The molecule has 7 heteroatoms. The fourth-order valence-electron chi connectivity index (χ4n) is 2.76. The molecule has 2 amide bonds. The van der Waals surface area contributed by atoms with Crippen LogP contribution in [-0.4, -0.2) is 24.2 Å². The third-order valence-electron chi connectivity index (χ3n) is 4.19. The van der Waals surface area contributed by atoms with Gasteiger partial charge in [0, 0.05) is 5.56 Å². The van der Waals surface area contributed by atoms with E-state index >= 15 is 0 Å². The molecule has 3 rings (SSSR count). The molecular formula is C23H19FN2O4. The molecule has 0 atom stereocenters. The number of ether oxygens (including phenoxy) is 1. The molecule has 2 N–H and O–H groups in total. The standard InChI is InChI=1S/C23H19FN2O4/c1-15(27)16-8-2-5-11-19(16)26-23(29)17-9-3-7-13-21(17)30-14-22(28)25-20-12-6-4-10-18(20)24/h2-13H,14H2,1H3,(H,25,28)(H,26,29). The number of nitrogens with one attached hydrogen (secondary N) is 2. The Balaban J connectivity index is 1.70. The summed E-state index contributed by atoms with van der Waals surface area (Å²) in [6.45, 7) is 0.999. The SMILES string of the molecule is CC(=O)c1ccccc1NC(=O)c1ccccc1OCC(=O)Nc1ccccc1F. The smallest absolute Gasteiger partial charge is 0.262 e. The van der Waals surface area contributed by atoms with Crippen molar-refractivity contribution in [3.05, 3.63) is 89.7 Å². The minimum atomic E-state index is -0.572. The van der Waals surface area contributed by atoms with Gasteiger partial charge in [-0.05, 0) is 43.3 Å². The molecule has 0 saturated carbocycles. The van der Waals surface area contributed by atoms with Crippen LogP contribution >= 0.6 is 0 Å². The number of amides is 2. The quantitative estimate of drug-likeness (QED) is 0.573. The van der Waals surface area contributed by atoms with Crippen LogP contribution in [0.25, 0.3) is 0 Å². The molecule has 0 unspecified atom stereocenters. The van der Waals surface area contributed by atoms with Crippen LogP contribution in [0.15, 0.2) is 72.8 Å². The van der Waals surface area contributed by atoms with E-state index in [-0.39, 0.29) is 22.8 Å². The van der Waals surface area contributed by atoms with Crippen LogP contribution in [0.4, 0.5) is 15.8 Å². The number of anilines is 2. The van der Waals surface area contributed by atoms with Crippen LogP contribution in [0, 0.1) is 5.82 Å². The highest BCUT2D eigenvalue weighted by Crippen LogP contribution is 2.22. The summed E-state index contributed by atoms with van der Waals surface area (Å²) in [5.74, 6) is -1.62. The molecule has 0 aliphatic rings. The summed E-state index contributed by atoms with van der Waals surface area (Å²) in [5, 5.41) is 5.11. The van der Waals surface area contributed by atoms with Crippen molar-refractivity contribution in [2.45, 2.75) is 6.92 Å². The Bertz CT molecular complexity index is 1100. The lowest BCUT2D eigenvalue weighted by atomic mass is 10.1. The monoisotopic (exact) mass is 406 g/mol. The van der Waals surface area contributed by atoms with E-state index in [1.807, 2.05) is 0 Å². The summed E-state index contributed by atoms with van der Waals surface area (Å²) in [4.78, 5) is 36.6. The van der Waals surface area contributed by atoms with Crippen molar-refractivity contribution in [1.29, 1.82) is 0 Å². The lowest BCUT2D eigenvalue weighted by Crippen LogP contribution is -2.22. The van der Waals surface area contributed by atoms with Crippen LogP contribution < -0.4 is 15.4 Å². The lowest BCUT2D eigenvalue weighted by Gasteiger charge is -2.13. The number of Topliss-reactive ketones (excluding diaryl/α,β-unsaturated/α-hetero) is 1. The van der Waals surface area contributed by atoms with Gasteiger partial charge in [-0.15, -0.1) is 0 Å². The first-order valence-electron chi connectivity index (χ1n) is 9.13. The molecule has 0 spiro atoms. The van der Waals surface area contributed by atoms with Crippen LogP contribution in [0.3, 0.4) is 0 Å². The summed E-state index contributed by atoms with van der Waals surface area (Å²) in [7, 11) is 0. The van der Waals surface area contributed by atoms with Gasteiger partial charge in [-0.3, -0.25) is 14.4 Å². The van der Waals surface area contributed by atoms with Gasteiger partial charge in [0.15, 0.2) is 12.4 Å². The predicted octanol–water partition coefficient (Wildman–Crippen LogP) is 4.30. The molecule has 30 heavy (non-hydrogen) atoms. The Labute approximate surface area is 172 Å². The van der Waals surface area contributed by atoms with E-state index in [4.69, 9.17) is 4.74 Å². The third kappa shape index (κ3) is 5.08. The van der Waals surface area contributed by atoms with Crippen LogP contribution in [0.1, 0.15) is 27.6 Å². The topological polar surface area (TPSA) is 84.5 Å². The number of benzene rings is 3. The maximum absolute atomic E-state index is 13.6. The molecule has 0 saturated heterocycles. The molecule has 0 heterocycles. The summed E-state index contributed by atoms with van der Waals surface area (Å²) in [5.41, 5.74) is 0.989. The Hall–Kier alpha value is -4.00. The number of carbonyl (C=O) groups is 3. The second-order valence-electron chi connectivity index (χ2n) is 6.37. The number of ketones is 1. The van der Waals surface area contributed by atoms with Gasteiger partial charge < -0.3 is 15.4 Å². The first-order valence-corrected chi connectivity index (χ1v) is 9.13. The van der Waals surface area contributed by atoms with Gasteiger partial charge in [-0.25, -0.2) is 4.39 Å². The number of para-hydroxylation sites is 3. The summed E-state index contributed by atoms with van der Waals surface area (Å²) >= 11 is 0. The molecule has 3 aromatic carbocycles.